The second kappa shape index (κ2) is 10.3. The van der Waals surface area contributed by atoms with Crippen molar-refractivity contribution in [2.24, 2.45) is 5.16 Å². The van der Waals surface area contributed by atoms with Gasteiger partial charge >= 0.3 is 6.18 Å². The molecule has 7 nitrogen and oxygen atoms in total. The lowest BCUT2D eigenvalue weighted by Gasteiger charge is -2.31. The Hall–Kier alpha value is -2.63. The third kappa shape index (κ3) is 5.49. The number of hydrogen-bond donors (Lipinski definition) is 0. The van der Waals surface area contributed by atoms with Gasteiger partial charge in [-0.05, 0) is 38.0 Å². The summed E-state index contributed by atoms with van der Waals surface area (Å²) in [5.74, 6) is -0.0669. The van der Waals surface area contributed by atoms with Gasteiger partial charge in [0.2, 0.25) is 5.91 Å². The summed E-state index contributed by atoms with van der Waals surface area (Å²) in [6.07, 6.45) is -2.98. The molecular weight excluding hydrogens is 550 g/mol. The molecule has 0 saturated carbocycles. The van der Waals surface area contributed by atoms with E-state index in [2.05, 4.69) is 10.3 Å². The molecule has 2 aliphatic rings. The SMILES string of the molecule is Cc1cc(C(F)(F)F)nn1CC(=O)N1CCC(c2nc(C3=NO[C@@H](c4c(Cl)cccc4Cl)C3)cs2)CC1. The summed E-state index contributed by atoms with van der Waals surface area (Å²) >= 11 is 14.2. The van der Waals surface area contributed by atoms with Crippen LogP contribution < -0.4 is 0 Å². The summed E-state index contributed by atoms with van der Waals surface area (Å²) in [5.41, 5.74) is 1.48. The third-order valence-corrected chi connectivity index (χ3v) is 8.23. The first-order valence-electron chi connectivity index (χ1n) is 11.6. The van der Waals surface area contributed by atoms with E-state index in [9.17, 15) is 18.0 Å². The van der Waals surface area contributed by atoms with Crippen molar-refractivity contribution >= 4 is 46.2 Å². The monoisotopic (exact) mass is 571 g/mol. The average molecular weight is 572 g/mol. The number of piperidine rings is 1. The Morgan fingerprint density at radius 2 is 1.92 bits per heavy atom. The second-order valence-corrected chi connectivity index (χ2v) is 10.7. The molecule has 0 aliphatic carbocycles. The normalized spacial score (nSPS) is 18.7. The minimum absolute atomic E-state index is 0.183. The van der Waals surface area contributed by atoms with Gasteiger partial charge in [-0.3, -0.25) is 9.48 Å². The molecule has 2 aliphatic heterocycles. The quantitative estimate of drug-likeness (QED) is 0.363. The van der Waals surface area contributed by atoms with Crippen molar-refractivity contribution in [1.82, 2.24) is 19.7 Å². The van der Waals surface area contributed by atoms with Gasteiger partial charge in [0.15, 0.2) is 11.8 Å². The summed E-state index contributed by atoms with van der Waals surface area (Å²) in [5, 5.41) is 11.7. The largest absolute Gasteiger partial charge is 0.435 e. The molecule has 13 heteroatoms. The van der Waals surface area contributed by atoms with Gasteiger partial charge in [-0.1, -0.05) is 34.4 Å². The molecule has 1 atom stereocenters. The number of amides is 1. The van der Waals surface area contributed by atoms with Crippen molar-refractivity contribution in [1.29, 1.82) is 0 Å². The van der Waals surface area contributed by atoms with Crippen molar-refractivity contribution in [3.63, 3.8) is 0 Å². The minimum atomic E-state index is -4.54. The van der Waals surface area contributed by atoms with Crippen LogP contribution >= 0.6 is 34.5 Å². The molecule has 3 aromatic rings. The van der Waals surface area contributed by atoms with Crippen molar-refractivity contribution in [3.05, 3.63) is 67.3 Å². The van der Waals surface area contributed by atoms with Gasteiger partial charge in [-0.25, -0.2) is 4.98 Å². The maximum Gasteiger partial charge on any atom is 0.435 e. The Morgan fingerprint density at radius 1 is 1.22 bits per heavy atom. The number of aryl methyl sites for hydroxylation is 1. The maximum absolute atomic E-state index is 12.9. The molecule has 1 aromatic carbocycles. The first-order valence-corrected chi connectivity index (χ1v) is 13.3. The van der Waals surface area contributed by atoms with Crippen molar-refractivity contribution < 1.29 is 22.8 Å². The number of halogens is 5. The zero-order valence-corrected chi connectivity index (χ0v) is 22.0. The summed E-state index contributed by atoms with van der Waals surface area (Å²) < 4.78 is 39.8. The summed E-state index contributed by atoms with van der Waals surface area (Å²) in [6.45, 7) is 2.29. The Kier molecular flexibility index (Phi) is 7.21. The smallest absolute Gasteiger partial charge is 0.387 e. The number of thiazole rings is 1. The summed E-state index contributed by atoms with van der Waals surface area (Å²) in [7, 11) is 0. The molecule has 0 radical (unpaired) electrons. The van der Waals surface area contributed by atoms with Gasteiger partial charge < -0.3 is 9.74 Å². The molecule has 0 unspecified atom stereocenters. The minimum Gasteiger partial charge on any atom is -0.387 e. The maximum atomic E-state index is 12.9. The van der Waals surface area contributed by atoms with E-state index in [4.69, 9.17) is 33.0 Å². The standard InChI is InChI=1S/C24H22Cl2F3N5O2S/c1-13-9-20(24(27,28)29)31-34(13)11-21(35)33-7-5-14(6-8-33)23-30-18(12-37-23)17-10-19(36-32-17)22-15(25)3-2-4-16(22)26/h2-4,9,12,14,19H,5-8,10-11H2,1H3/t19-/m1/s1. The number of nitrogens with zero attached hydrogens (tertiary/aromatic N) is 5. The van der Waals surface area contributed by atoms with Gasteiger partial charge in [0, 0.05) is 52.1 Å². The van der Waals surface area contributed by atoms with Crippen LogP contribution in [0.3, 0.4) is 0 Å². The Labute approximate surface area is 224 Å². The number of aromatic nitrogens is 3. The van der Waals surface area contributed by atoms with Crippen LogP contribution in [0.5, 0.6) is 0 Å². The first-order chi connectivity index (χ1) is 17.6. The Bertz CT molecular complexity index is 1330. The summed E-state index contributed by atoms with van der Waals surface area (Å²) in [6, 6.07) is 6.25. The molecule has 4 heterocycles. The lowest BCUT2D eigenvalue weighted by molar-refractivity contribution is -0.142. The van der Waals surface area contributed by atoms with Crippen LogP contribution in [0.2, 0.25) is 10.0 Å². The third-order valence-electron chi connectivity index (χ3n) is 6.56. The fourth-order valence-corrected chi connectivity index (χ4v) is 6.16. The van der Waals surface area contributed by atoms with Crippen LogP contribution in [0, 0.1) is 6.92 Å². The van der Waals surface area contributed by atoms with Gasteiger partial charge in [-0.15, -0.1) is 11.3 Å². The molecule has 1 amide bonds. The average Bonchev–Trinajstić information content (AvgIpc) is 3.59. The number of carbonyl (C=O) groups is 1. The number of rotatable bonds is 5. The molecule has 5 rings (SSSR count). The van der Waals surface area contributed by atoms with E-state index in [1.807, 2.05) is 5.38 Å². The number of carbonyl (C=O) groups excluding carboxylic acids is 1. The second-order valence-electron chi connectivity index (χ2n) is 9.02. The topological polar surface area (TPSA) is 72.6 Å². The number of likely N-dealkylation sites (tertiary alicyclic amines) is 1. The number of hydrogen-bond acceptors (Lipinski definition) is 6. The van der Waals surface area contributed by atoms with Crippen LogP contribution in [0.1, 0.15) is 58.9 Å². The highest BCUT2D eigenvalue weighted by molar-refractivity contribution is 7.10. The molecule has 0 spiro atoms. The molecule has 2 aromatic heterocycles. The van der Waals surface area contributed by atoms with Crippen molar-refractivity contribution in [2.45, 2.75) is 50.9 Å². The lowest BCUT2D eigenvalue weighted by Crippen LogP contribution is -2.40. The summed E-state index contributed by atoms with van der Waals surface area (Å²) in [4.78, 5) is 24.8. The van der Waals surface area contributed by atoms with Crippen LogP contribution in [-0.2, 0) is 22.4 Å². The predicted molar refractivity (Wildman–Crippen MR) is 134 cm³/mol. The highest BCUT2D eigenvalue weighted by atomic mass is 35.5. The van der Waals surface area contributed by atoms with Crippen LogP contribution in [-0.4, -0.2) is 44.4 Å². The zero-order valence-electron chi connectivity index (χ0n) is 19.6. The van der Waals surface area contributed by atoms with E-state index in [0.29, 0.717) is 53.7 Å². The fraction of sp³-hybridized carbons (Fsp3) is 0.417. The van der Waals surface area contributed by atoms with Crippen LogP contribution in [0.15, 0.2) is 34.8 Å². The first kappa shape index (κ1) is 26.0. The van der Waals surface area contributed by atoms with Crippen molar-refractivity contribution in [3.8, 4) is 0 Å². The highest BCUT2D eigenvalue weighted by Crippen LogP contribution is 2.39. The van der Waals surface area contributed by atoms with Gasteiger partial charge in [0.05, 0.1) is 10.7 Å². The predicted octanol–water partition coefficient (Wildman–Crippen LogP) is 6.25. The molecule has 0 N–H and O–H groups in total. The molecule has 37 heavy (non-hydrogen) atoms. The Morgan fingerprint density at radius 3 is 2.57 bits per heavy atom. The zero-order chi connectivity index (χ0) is 26.3. The van der Waals surface area contributed by atoms with Crippen LogP contribution in [0.25, 0.3) is 0 Å². The number of alkyl halides is 3. The van der Waals surface area contributed by atoms with E-state index < -0.39 is 11.9 Å². The van der Waals surface area contributed by atoms with E-state index in [-0.39, 0.29) is 24.5 Å². The molecule has 0 bridgehead atoms. The molecule has 1 fully saturated rings. The Balaban J connectivity index is 1.17. The highest BCUT2D eigenvalue weighted by Gasteiger charge is 2.35. The van der Waals surface area contributed by atoms with E-state index >= 15 is 0 Å². The molecule has 196 valence electrons. The number of oxime groups is 1. The van der Waals surface area contributed by atoms with E-state index in [1.54, 1.807) is 34.4 Å². The van der Waals surface area contributed by atoms with Crippen LogP contribution in [0.4, 0.5) is 13.2 Å². The molecular formula is C24H22Cl2F3N5O2S. The van der Waals surface area contributed by atoms with Gasteiger partial charge in [-0.2, -0.15) is 18.3 Å². The van der Waals surface area contributed by atoms with E-state index in [1.165, 1.54) is 6.92 Å². The van der Waals surface area contributed by atoms with Gasteiger partial charge in [0.1, 0.15) is 12.3 Å². The fourth-order valence-electron chi connectivity index (χ4n) is 4.52. The molecule has 1 saturated heterocycles. The van der Waals surface area contributed by atoms with Gasteiger partial charge in [0.25, 0.3) is 0 Å². The lowest BCUT2D eigenvalue weighted by atomic mass is 9.97. The van der Waals surface area contributed by atoms with E-state index in [0.717, 1.165) is 27.2 Å². The number of benzene rings is 1. The van der Waals surface area contributed by atoms with Crippen molar-refractivity contribution in [2.75, 3.05) is 13.1 Å².